The van der Waals surface area contributed by atoms with Gasteiger partial charge < -0.3 is 19.8 Å². The maximum Gasteiger partial charge on any atom is 0.356 e. The van der Waals surface area contributed by atoms with Gasteiger partial charge in [-0.2, -0.15) is 0 Å². The van der Waals surface area contributed by atoms with Crippen LogP contribution in [0.3, 0.4) is 0 Å². The molecular weight excluding hydrogens is 232 g/mol. The van der Waals surface area contributed by atoms with Crippen LogP contribution in [0.4, 0.5) is 5.69 Å². The molecule has 5 nitrogen and oxygen atoms in total. The quantitative estimate of drug-likeness (QED) is 0.627. The van der Waals surface area contributed by atoms with Gasteiger partial charge in [0.1, 0.15) is 11.4 Å². The number of carbonyl (C=O) groups is 1. The zero-order valence-electron chi connectivity index (χ0n) is 9.97. The molecule has 0 saturated heterocycles. The monoisotopic (exact) mass is 246 g/mol. The zero-order valence-corrected chi connectivity index (χ0v) is 9.97. The van der Waals surface area contributed by atoms with E-state index in [9.17, 15) is 4.79 Å². The number of esters is 1. The predicted molar refractivity (Wildman–Crippen MR) is 67.7 cm³/mol. The summed E-state index contributed by atoms with van der Waals surface area (Å²) in [5.74, 6) is 0.393. The van der Waals surface area contributed by atoms with Crippen LogP contribution in [-0.2, 0) is 4.74 Å². The molecule has 0 aliphatic carbocycles. The summed E-state index contributed by atoms with van der Waals surface area (Å²) in [5, 5.41) is 2.98. The summed E-state index contributed by atoms with van der Waals surface area (Å²) in [4.78, 5) is 14.3. The summed E-state index contributed by atoms with van der Waals surface area (Å²) in [6.07, 6.45) is 1.67. The van der Waals surface area contributed by atoms with E-state index in [2.05, 4.69) is 10.3 Å². The number of nitrogens with one attached hydrogen (secondary N) is 2. The molecule has 1 aromatic heterocycles. The number of ether oxygens (including phenoxy) is 2. The highest BCUT2D eigenvalue weighted by molar-refractivity contribution is 5.87. The summed E-state index contributed by atoms with van der Waals surface area (Å²) in [6.45, 7) is 0.115. The molecule has 2 rings (SSSR count). The van der Waals surface area contributed by atoms with E-state index in [4.69, 9.17) is 9.47 Å². The highest BCUT2D eigenvalue weighted by Gasteiger charge is 2.06. The highest BCUT2D eigenvalue weighted by atomic mass is 16.5. The standard InChI is InChI=1S/C13H14N2O3/c1-17-11-6-4-10(5-7-11)15-9-18-13(16)12-3-2-8-14-12/h2-8,14-15H,9H2,1H3. The molecule has 0 unspecified atom stereocenters. The van der Waals surface area contributed by atoms with Crippen LogP contribution in [0.5, 0.6) is 5.75 Å². The Morgan fingerprint density at radius 3 is 2.67 bits per heavy atom. The molecule has 0 aliphatic heterocycles. The van der Waals surface area contributed by atoms with Crippen LogP contribution in [0.2, 0.25) is 0 Å². The van der Waals surface area contributed by atoms with Crippen molar-refractivity contribution in [2.45, 2.75) is 0 Å². The summed E-state index contributed by atoms with van der Waals surface area (Å²) in [6, 6.07) is 10.8. The predicted octanol–water partition coefficient (Wildman–Crippen LogP) is 2.25. The van der Waals surface area contributed by atoms with E-state index < -0.39 is 0 Å². The van der Waals surface area contributed by atoms with Crippen LogP contribution in [0.1, 0.15) is 10.5 Å². The molecule has 0 fully saturated rings. The number of methoxy groups -OCH3 is 1. The van der Waals surface area contributed by atoms with Crippen LogP contribution < -0.4 is 10.1 Å². The molecule has 0 spiro atoms. The van der Waals surface area contributed by atoms with Crippen molar-refractivity contribution >= 4 is 11.7 Å². The first kappa shape index (κ1) is 12.0. The number of hydrogen-bond donors (Lipinski definition) is 2. The number of H-pyrrole nitrogens is 1. The van der Waals surface area contributed by atoms with Crippen molar-refractivity contribution in [1.82, 2.24) is 4.98 Å². The fourth-order valence-electron chi connectivity index (χ4n) is 1.43. The lowest BCUT2D eigenvalue weighted by Gasteiger charge is -2.07. The van der Waals surface area contributed by atoms with E-state index in [1.54, 1.807) is 25.4 Å². The van der Waals surface area contributed by atoms with E-state index >= 15 is 0 Å². The number of hydrogen-bond acceptors (Lipinski definition) is 4. The maximum absolute atomic E-state index is 11.5. The summed E-state index contributed by atoms with van der Waals surface area (Å²) in [7, 11) is 1.61. The van der Waals surface area contributed by atoms with Crippen molar-refractivity contribution in [3.63, 3.8) is 0 Å². The topological polar surface area (TPSA) is 63.4 Å². The molecule has 2 aromatic rings. The maximum atomic E-state index is 11.5. The lowest BCUT2D eigenvalue weighted by molar-refractivity contribution is 0.0528. The molecule has 0 aliphatic rings. The van der Waals surface area contributed by atoms with Gasteiger partial charge in [-0.05, 0) is 36.4 Å². The Balaban J connectivity index is 1.79. The highest BCUT2D eigenvalue weighted by Crippen LogP contribution is 2.14. The molecule has 0 atom stereocenters. The minimum atomic E-state index is -0.388. The van der Waals surface area contributed by atoms with Gasteiger partial charge in [-0.25, -0.2) is 4.79 Å². The van der Waals surface area contributed by atoms with Gasteiger partial charge in [0, 0.05) is 11.9 Å². The van der Waals surface area contributed by atoms with Crippen LogP contribution in [0.15, 0.2) is 42.6 Å². The molecule has 94 valence electrons. The van der Waals surface area contributed by atoms with Crippen molar-refractivity contribution < 1.29 is 14.3 Å². The Kier molecular flexibility index (Phi) is 3.86. The lowest BCUT2D eigenvalue weighted by atomic mass is 10.3. The number of anilines is 1. The molecule has 1 heterocycles. The largest absolute Gasteiger partial charge is 0.497 e. The molecule has 0 bridgehead atoms. The van der Waals surface area contributed by atoms with E-state index in [0.717, 1.165) is 11.4 Å². The van der Waals surface area contributed by atoms with Crippen molar-refractivity contribution in [2.75, 3.05) is 19.2 Å². The van der Waals surface area contributed by atoms with Gasteiger partial charge in [-0.15, -0.1) is 0 Å². The number of rotatable bonds is 5. The Hall–Kier alpha value is -2.43. The van der Waals surface area contributed by atoms with Gasteiger partial charge >= 0.3 is 5.97 Å². The number of benzene rings is 1. The zero-order chi connectivity index (χ0) is 12.8. The van der Waals surface area contributed by atoms with E-state index in [-0.39, 0.29) is 12.7 Å². The van der Waals surface area contributed by atoms with E-state index in [1.807, 2.05) is 24.3 Å². The minimum absolute atomic E-state index is 0.115. The van der Waals surface area contributed by atoms with E-state index in [0.29, 0.717) is 5.69 Å². The molecule has 0 radical (unpaired) electrons. The smallest absolute Gasteiger partial charge is 0.356 e. The molecular formula is C13H14N2O3. The minimum Gasteiger partial charge on any atom is -0.497 e. The van der Waals surface area contributed by atoms with E-state index in [1.165, 1.54) is 0 Å². The second-order valence-electron chi connectivity index (χ2n) is 3.57. The van der Waals surface area contributed by atoms with Gasteiger partial charge in [-0.3, -0.25) is 0 Å². The van der Waals surface area contributed by atoms with Gasteiger partial charge in [-0.1, -0.05) is 0 Å². The van der Waals surface area contributed by atoms with Crippen LogP contribution in [0, 0.1) is 0 Å². The molecule has 2 N–H and O–H groups in total. The normalized spacial score (nSPS) is 9.83. The van der Waals surface area contributed by atoms with Crippen LogP contribution >= 0.6 is 0 Å². The molecule has 1 aromatic carbocycles. The summed E-state index contributed by atoms with van der Waals surface area (Å²) < 4.78 is 10.1. The first-order valence-electron chi connectivity index (χ1n) is 5.48. The van der Waals surface area contributed by atoms with Gasteiger partial charge in [0.25, 0.3) is 0 Å². The van der Waals surface area contributed by atoms with Crippen molar-refractivity contribution in [1.29, 1.82) is 0 Å². The van der Waals surface area contributed by atoms with Gasteiger partial charge in [0.05, 0.1) is 7.11 Å². The Bertz CT molecular complexity index is 491. The molecule has 0 amide bonds. The fraction of sp³-hybridized carbons (Fsp3) is 0.154. The van der Waals surface area contributed by atoms with Crippen molar-refractivity contribution in [3.05, 3.63) is 48.3 Å². The van der Waals surface area contributed by atoms with Gasteiger partial charge in [0.15, 0.2) is 6.73 Å². The second kappa shape index (κ2) is 5.77. The number of aromatic nitrogens is 1. The first-order valence-corrected chi connectivity index (χ1v) is 5.48. The fourth-order valence-corrected chi connectivity index (χ4v) is 1.43. The van der Waals surface area contributed by atoms with Crippen LogP contribution in [0.25, 0.3) is 0 Å². The Morgan fingerprint density at radius 1 is 1.28 bits per heavy atom. The van der Waals surface area contributed by atoms with Gasteiger partial charge in [0.2, 0.25) is 0 Å². The van der Waals surface area contributed by atoms with Crippen molar-refractivity contribution in [3.8, 4) is 5.75 Å². The summed E-state index contributed by atoms with van der Waals surface area (Å²) in [5.41, 5.74) is 1.29. The third kappa shape index (κ3) is 3.04. The van der Waals surface area contributed by atoms with Crippen LogP contribution in [-0.4, -0.2) is 24.8 Å². The molecule has 0 saturated carbocycles. The average Bonchev–Trinajstić information content (AvgIpc) is 2.93. The Labute approximate surface area is 105 Å². The molecule has 5 heteroatoms. The third-order valence-corrected chi connectivity index (χ3v) is 2.39. The number of aromatic amines is 1. The second-order valence-corrected chi connectivity index (χ2v) is 3.57. The molecule has 18 heavy (non-hydrogen) atoms. The SMILES string of the molecule is COc1ccc(NCOC(=O)c2ccc[nH]2)cc1. The summed E-state index contributed by atoms with van der Waals surface area (Å²) >= 11 is 0. The van der Waals surface area contributed by atoms with Crippen molar-refractivity contribution in [2.24, 2.45) is 0 Å². The third-order valence-electron chi connectivity index (χ3n) is 2.39. The average molecular weight is 246 g/mol. The lowest BCUT2D eigenvalue weighted by Crippen LogP contribution is -2.12. The first-order chi connectivity index (χ1) is 8.79. The number of carbonyl (C=O) groups excluding carboxylic acids is 1. The Morgan fingerprint density at radius 2 is 2.06 bits per heavy atom.